The summed E-state index contributed by atoms with van der Waals surface area (Å²) in [5.74, 6) is 0.731. The van der Waals surface area contributed by atoms with Crippen molar-refractivity contribution in [1.82, 2.24) is 10.3 Å². The highest BCUT2D eigenvalue weighted by Gasteiger charge is 2.21. The molecule has 0 atom stereocenters. The van der Waals surface area contributed by atoms with E-state index >= 15 is 0 Å². The van der Waals surface area contributed by atoms with Gasteiger partial charge in [0.2, 0.25) is 0 Å². The average Bonchev–Trinajstić information content (AvgIpc) is 2.46. The van der Waals surface area contributed by atoms with Crippen LogP contribution in [-0.4, -0.2) is 18.1 Å². The number of nitrogens with one attached hydrogen (secondary N) is 1. The molecule has 0 bridgehead atoms. The van der Waals surface area contributed by atoms with Crippen molar-refractivity contribution in [1.29, 1.82) is 0 Å². The standard InChI is InChI=1S/C17H22N2/c1-12-9-15-10-14(5-8-17(15)19-11-12)13-3-6-16(18-2)7-4-13/h5,8-11,13,16,18H,3-4,6-7H2,1-2H3. The Kier molecular flexibility index (Phi) is 3.52. The minimum Gasteiger partial charge on any atom is -0.317 e. The first-order valence-corrected chi connectivity index (χ1v) is 7.30. The fraction of sp³-hybridized carbons (Fsp3) is 0.471. The SMILES string of the molecule is CNC1CCC(c2ccc3ncc(C)cc3c2)CC1. The topological polar surface area (TPSA) is 24.9 Å². The van der Waals surface area contributed by atoms with Crippen molar-refractivity contribution in [3.8, 4) is 0 Å². The first-order valence-electron chi connectivity index (χ1n) is 7.30. The van der Waals surface area contributed by atoms with E-state index < -0.39 is 0 Å². The smallest absolute Gasteiger partial charge is 0.0702 e. The van der Waals surface area contributed by atoms with E-state index in [1.54, 1.807) is 0 Å². The second kappa shape index (κ2) is 5.30. The first-order chi connectivity index (χ1) is 9.26. The third-order valence-corrected chi connectivity index (χ3v) is 4.45. The largest absolute Gasteiger partial charge is 0.317 e. The molecule has 0 spiro atoms. The molecule has 1 fully saturated rings. The van der Waals surface area contributed by atoms with E-state index in [-0.39, 0.29) is 0 Å². The van der Waals surface area contributed by atoms with Crippen molar-refractivity contribution in [2.24, 2.45) is 0 Å². The van der Waals surface area contributed by atoms with Crippen LogP contribution >= 0.6 is 0 Å². The van der Waals surface area contributed by atoms with Gasteiger partial charge in [0, 0.05) is 17.6 Å². The van der Waals surface area contributed by atoms with E-state index in [4.69, 9.17) is 0 Å². The van der Waals surface area contributed by atoms with Crippen molar-refractivity contribution in [3.05, 3.63) is 41.6 Å². The number of hydrogen-bond acceptors (Lipinski definition) is 2. The van der Waals surface area contributed by atoms with Gasteiger partial charge in [-0.1, -0.05) is 6.07 Å². The fourth-order valence-corrected chi connectivity index (χ4v) is 3.23. The zero-order valence-corrected chi connectivity index (χ0v) is 11.8. The van der Waals surface area contributed by atoms with E-state index in [0.717, 1.165) is 17.5 Å². The number of nitrogens with zero attached hydrogens (tertiary/aromatic N) is 1. The second-order valence-electron chi connectivity index (χ2n) is 5.80. The number of benzene rings is 1. The molecule has 1 aliphatic rings. The summed E-state index contributed by atoms with van der Waals surface area (Å²) in [6, 6.07) is 9.76. The molecule has 0 saturated heterocycles. The van der Waals surface area contributed by atoms with E-state index in [1.807, 2.05) is 6.20 Å². The molecule has 2 aromatic rings. The van der Waals surface area contributed by atoms with Crippen molar-refractivity contribution in [2.45, 2.75) is 44.6 Å². The molecule has 1 aliphatic carbocycles. The lowest BCUT2D eigenvalue weighted by molar-refractivity contribution is 0.359. The average molecular weight is 254 g/mol. The van der Waals surface area contributed by atoms with Gasteiger partial charge in [-0.25, -0.2) is 0 Å². The molecule has 0 unspecified atom stereocenters. The van der Waals surface area contributed by atoms with Crippen LogP contribution in [0, 0.1) is 6.92 Å². The summed E-state index contributed by atoms with van der Waals surface area (Å²) in [5, 5.41) is 4.69. The maximum atomic E-state index is 4.48. The van der Waals surface area contributed by atoms with Gasteiger partial charge in [-0.05, 0) is 74.9 Å². The van der Waals surface area contributed by atoms with Gasteiger partial charge in [0.1, 0.15) is 0 Å². The molecule has 1 aromatic carbocycles. The Morgan fingerprint density at radius 3 is 2.63 bits per heavy atom. The van der Waals surface area contributed by atoms with Crippen molar-refractivity contribution in [3.63, 3.8) is 0 Å². The Bertz CT molecular complexity index is 568. The summed E-state index contributed by atoms with van der Waals surface area (Å²) in [7, 11) is 2.08. The molecule has 1 N–H and O–H groups in total. The Balaban J connectivity index is 1.85. The Morgan fingerprint density at radius 2 is 1.89 bits per heavy atom. The van der Waals surface area contributed by atoms with E-state index in [0.29, 0.717) is 0 Å². The van der Waals surface area contributed by atoms with Gasteiger partial charge in [0.25, 0.3) is 0 Å². The van der Waals surface area contributed by atoms with Crippen LogP contribution in [0.2, 0.25) is 0 Å². The van der Waals surface area contributed by atoms with Crippen LogP contribution in [0.4, 0.5) is 0 Å². The predicted octanol–water partition coefficient (Wildman–Crippen LogP) is 3.79. The van der Waals surface area contributed by atoms with E-state index in [2.05, 4.69) is 48.5 Å². The Hall–Kier alpha value is -1.41. The maximum Gasteiger partial charge on any atom is 0.0702 e. The highest BCUT2D eigenvalue weighted by atomic mass is 14.9. The van der Waals surface area contributed by atoms with Gasteiger partial charge >= 0.3 is 0 Å². The maximum absolute atomic E-state index is 4.48. The van der Waals surface area contributed by atoms with Gasteiger partial charge < -0.3 is 5.32 Å². The summed E-state index contributed by atoms with van der Waals surface area (Å²) < 4.78 is 0. The summed E-state index contributed by atoms with van der Waals surface area (Å²) in [6.07, 6.45) is 7.14. The summed E-state index contributed by atoms with van der Waals surface area (Å²) in [5.41, 5.74) is 3.84. The molecule has 1 aromatic heterocycles. The minimum absolute atomic E-state index is 0.723. The van der Waals surface area contributed by atoms with Gasteiger partial charge in [-0.15, -0.1) is 0 Å². The van der Waals surface area contributed by atoms with Gasteiger partial charge in [-0.2, -0.15) is 0 Å². The van der Waals surface area contributed by atoms with Gasteiger partial charge in [-0.3, -0.25) is 4.98 Å². The third kappa shape index (κ3) is 2.64. The number of pyridine rings is 1. The Morgan fingerprint density at radius 1 is 1.11 bits per heavy atom. The summed E-state index contributed by atoms with van der Waals surface area (Å²) in [4.78, 5) is 4.48. The van der Waals surface area contributed by atoms with Crippen LogP contribution in [0.5, 0.6) is 0 Å². The van der Waals surface area contributed by atoms with Crippen molar-refractivity contribution in [2.75, 3.05) is 7.05 Å². The monoisotopic (exact) mass is 254 g/mol. The normalized spacial score (nSPS) is 23.7. The zero-order valence-electron chi connectivity index (χ0n) is 11.8. The van der Waals surface area contributed by atoms with Crippen LogP contribution in [0.3, 0.4) is 0 Å². The van der Waals surface area contributed by atoms with Crippen LogP contribution in [0.25, 0.3) is 10.9 Å². The zero-order chi connectivity index (χ0) is 13.2. The molecule has 19 heavy (non-hydrogen) atoms. The minimum atomic E-state index is 0.723. The molecule has 1 heterocycles. The number of aromatic nitrogens is 1. The molecule has 0 radical (unpaired) electrons. The second-order valence-corrected chi connectivity index (χ2v) is 5.80. The highest BCUT2D eigenvalue weighted by Crippen LogP contribution is 2.33. The van der Waals surface area contributed by atoms with Crippen LogP contribution in [0.15, 0.2) is 30.5 Å². The molecule has 0 aliphatic heterocycles. The molecule has 3 rings (SSSR count). The van der Waals surface area contributed by atoms with Crippen LogP contribution in [0.1, 0.15) is 42.7 Å². The molecule has 0 amide bonds. The number of hydrogen-bond donors (Lipinski definition) is 1. The summed E-state index contributed by atoms with van der Waals surface area (Å²) in [6.45, 7) is 2.11. The van der Waals surface area contributed by atoms with E-state index in [1.165, 1.54) is 42.2 Å². The lowest BCUT2D eigenvalue weighted by Crippen LogP contribution is -2.29. The molecule has 1 saturated carbocycles. The highest BCUT2D eigenvalue weighted by molar-refractivity contribution is 5.79. The number of rotatable bonds is 2. The molecule has 2 heteroatoms. The lowest BCUT2D eigenvalue weighted by atomic mass is 9.81. The predicted molar refractivity (Wildman–Crippen MR) is 80.5 cm³/mol. The number of aryl methyl sites for hydroxylation is 1. The first kappa shape index (κ1) is 12.6. The van der Waals surface area contributed by atoms with E-state index in [9.17, 15) is 0 Å². The van der Waals surface area contributed by atoms with Crippen LogP contribution < -0.4 is 5.32 Å². The van der Waals surface area contributed by atoms with Crippen molar-refractivity contribution >= 4 is 10.9 Å². The van der Waals surface area contributed by atoms with Gasteiger partial charge in [0.15, 0.2) is 0 Å². The Labute approximate surface area is 115 Å². The van der Waals surface area contributed by atoms with Crippen molar-refractivity contribution < 1.29 is 0 Å². The summed E-state index contributed by atoms with van der Waals surface area (Å²) >= 11 is 0. The number of fused-ring (bicyclic) bond motifs is 1. The molecular formula is C17H22N2. The quantitative estimate of drug-likeness (QED) is 0.882. The van der Waals surface area contributed by atoms with Crippen LogP contribution in [-0.2, 0) is 0 Å². The molecule has 100 valence electrons. The third-order valence-electron chi connectivity index (χ3n) is 4.45. The molecule has 2 nitrogen and oxygen atoms in total. The lowest BCUT2D eigenvalue weighted by Gasteiger charge is -2.28. The van der Waals surface area contributed by atoms with Gasteiger partial charge in [0.05, 0.1) is 5.52 Å². The fourth-order valence-electron chi connectivity index (χ4n) is 3.23. The molecular weight excluding hydrogens is 232 g/mol.